The second kappa shape index (κ2) is 8.63. The molecule has 1 atom stereocenters. The number of benzene rings is 1. The van der Waals surface area contributed by atoms with Crippen LogP contribution in [0.3, 0.4) is 0 Å². The number of hydrogen-bond donors (Lipinski definition) is 2. The smallest absolute Gasteiger partial charge is 0.230 e. The number of halogens is 2. The maximum absolute atomic E-state index is 12.0. The molecule has 2 rings (SSSR count). The molecular formula is C16H15Cl2N3O3. The summed E-state index contributed by atoms with van der Waals surface area (Å²) in [7, 11) is 0. The first kappa shape index (κ1) is 18.2. The Hall–Kier alpha value is -2.15. The molecule has 0 unspecified atom stereocenters. The van der Waals surface area contributed by atoms with Crippen molar-refractivity contribution in [1.29, 1.82) is 0 Å². The Balaban J connectivity index is 1.94. The zero-order chi connectivity index (χ0) is 17.5. The van der Waals surface area contributed by atoms with Crippen molar-refractivity contribution in [3.8, 4) is 0 Å². The topological polar surface area (TPSA) is 98.7 Å². The fourth-order valence-electron chi connectivity index (χ4n) is 2.05. The number of carbonyl (C=O) groups excluding carboxylic acids is 2. The van der Waals surface area contributed by atoms with Crippen molar-refractivity contribution >= 4 is 40.8 Å². The van der Waals surface area contributed by atoms with Gasteiger partial charge in [-0.2, -0.15) is 0 Å². The average Bonchev–Trinajstić information content (AvgIpc) is 2.55. The van der Waals surface area contributed by atoms with Crippen molar-refractivity contribution in [2.75, 3.05) is 5.32 Å². The predicted molar refractivity (Wildman–Crippen MR) is 88.4 cm³/mol. The van der Waals surface area contributed by atoms with Crippen LogP contribution in [-0.4, -0.2) is 22.9 Å². The predicted octanol–water partition coefficient (Wildman–Crippen LogP) is 0.599. The second-order valence-electron chi connectivity index (χ2n) is 5.10. The van der Waals surface area contributed by atoms with Crippen LogP contribution < -0.4 is 15.7 Å². The molecule has 3 N–H and O–H groups in total. The molecule has 0 aliphatic carbocycles. The fraction of sp³-hybridized carbons (Fsp3) is 0.188. The van der Waals surface area contributed by atoms with Gasteiger partial charge in [0, 0.05) is 23.0 Å². The van der Waals surface area contributed by atoms with Gasteiger partial charge in [0.05, 0.1) is 23.1 Å². The lowest BCUT2D eigenvalue weighted by Gasteiger charge is -2.16. The third kappa shape index (κ3) is 5.49. The molecule has 1 amide bonds. The van der Waals surface area contributed by atoms with Gasteiger partial charge in [0.15, 0.2) is 0 Å². The number of anilines is 1. The first-order valence-electron chi connectivity index (χ1n) is 7.13. The second-order valence-corrected chi connectivity index (χ2v) is 5.95. The highest BCUT2D eigenvalue weighted by Crippen LogP contribution is 2.25. The van der Waals surface area contributed by atoms with Crippen LogP contribution in [0.1, 0.15) is 12.0 Å². The molecule has 0 fully saturated rings. The summed E-state index contributed by atoms with van der Waals surface area (Å²) in [6, 6.07) is 7.18. The molecule has 0 spiro atoms. The number of rotatable bonds is 7. The van der Waals surface area contributed by atoms with Gasteiger partial charge in [-0.05, 0) is 24.3 Å². The van der Waals surface area contributed by atoms with E-state index in [0.717, 1.165) is 5.56 Å². The van der Waals surface area contributed by atoms with Crippen LogP contribution in [-0.2, 0) is 16.1 Å². The fourth-order valence-corrected chi connectivity index (χ4v) is 2.51. The minimum Gasteiger partial charge on any atom is -0.544 e. The Morgan fingerprint density at radius 2 is 2.08 bits per heavy atom. The molecule has 0 radical (unpaired) electrons. The molecule has 1 aromatic heterocycles. The number of pyridine rings is 1. The van der Waals surface area contributed by atoms with Gasteiger partial charge in [-0.3, -0.25) is 9.78 Å². The maximum atomic E-state index is 12.0. The van der Waals surface area contributed by atoms with Gasteiger partial charge in [0.2, 0.25) is 5.91 Å². The molecule has 24 heavy (non-hydrogen) atoms. The van der Waals surface area contributed by atoms with Gasteiger partial charge in [-0.1, -0.05) is 29.3 Å². The Bertz CT molecular complexity index is 726. The number of nitrogens with zero attached hydrogens (tertiary/aromatic N) is 1. The Kier molecular flexibility index (Phi) is 6.54. The first-order valence-corrected chi connectivity index (χ1v) is 7.89. The highest BCUT2D eigenvalue weighted by atomic mass is 35.5. The summed E-state index contributed by atoms with van der Waals surface area (Å²) in [4.78, 5) is 27.2. The monoisotopic (exact) mass is 367 g/mol. The third-order valence-corrected chi connectivity index (χ3v) is 3.82. The zero-order valence-electron chi connectivity index (χ0n) is 12.5. The van der Waals surface area contributed by atoms with Crippen LogP contribution in [0.15, 0.2) is 42.7 Å². The third-order valence-electron chi connectivity index (χ3n) is 3.27. The number of carbonyl (C=O) groups is 2. The number of carboxylic acids is 1. The molecule has 0 saturated heterocycles. The lowest BCUT2D eigenvalue weighted by atomic mass is 10.1. The van der Waals surface area contributed by atoms with Crippen LogP contribution in [0.5, 0.6) is 0 Å². The number of amides is 1. The number of nitrogens with two attached hydrogens (primary N) is 1. The highest BCUT2D eigenvalue weighted by Gasteiger charge is 2.19. The molecule has 0 bridgehead atoms. The molecular weight excluding hydrogens is 353 g/mol. The highest BCUT2D eigenvalue weighted by molar-refractivity contribution is 6.36. The van der Waals surface area contributed by atoms with Gasteiger partial charge in [0.1, 0.15) is 12.6 Å². The van der Waals surface area contributed by atoms with E-state index in [2.05, 4.69) is 10.3 Å². The normalized spacial score (nSPS) is 11.8. The van der Waals surface area contributed by atoms with Crippen LogP contribution in [0, 0.1) is 0 Å². The summed E-state index contributed by atoms with van der Waals surface area (Å²) >= 11 is 11.8. The van der Waals surface area contributed by atoms with Crippen LogP contribution in [0.4, 0.5) is 5.69 Å². The number of quaternary nitrogens is 1. The Morgan fingerprint density at radius 1 is 1.29 bits per heavy atom. The lowest BCUT2D eigenvalue weighted by Crippen LogP contribution is -2.92. The quantitative estimate of drug-likeness (QED) is 0.748. The van der Waals surface area contributed by atoms with E-state index in [4.69, 9.17) is 23.2 Å². The zero-order valence-corrected chi connectivity index (χ0v) is 14.1. The molecule has 1 heterocycles. The molecule has 0 aliphatic heterocycles. The molecule has 1 aromatic carbocycles. The van der Waals surface area contributed by atoms with Gasteiger partial charge >= 0.3 is 0 Å². The van der Waals surface area contributed by atoms with E-state index in [1.54, 1.807) is 30.6 Å². The lowest BCUT2D eigenvalue weighted by molar-refractivity contribution is -0.697. The molecule has 0 aliphatic rings. The summed E-state index contributed by atoms with van der Waals surface area (Å²) in [6.45, 7) is 0.376. The van der Waals surface area contributed by atoms with Crippen molar-refractivity contribution in [3.05, 3.63) is 58.3 Å². The molecule has 8 heteroatoms. The SMILES string of the molecule is O=C(C[C@@H]([NH2+]Cc1cccnc1)C(=O)[O-])Nc1ccc(Cl)cc1Cl. The van der Waals surface area contributed by atoms with Crippen LogP contribution >= 0.6 is 23.2 Å². The summed E-state index contributed by atoms with van der Waals surface area (Å²) in [6.07, 6.45) is 3.01. The number of aromatic nitrogens is 1. The molecule has 0 saturated carbocycles. The van der Waals surface area contributed by atoms with Crippen molar-refractivity contribution in [2.45, 2.75) is 19.0 Å². The summed E-state index contributed by atoms with van der Waals surface area (Å²) in [5, 5.41) is 16.0. The van der Waals surface area contributed by atoms with Gasteiger partial charge in [-0.15, -0.1) is 0 Å². The minimum absolute atomic E-state index is 0.248. The van der Waals surface area contributed by atoms with E-state index in [0.29, 0.717) is 17.3 Å². The first-order chi connectivity index (χ1) is 11.5. The number of hydrogen-bond acceptors (Lipinski definition) is 4. The standard InChI is InChI=1S/C16H15Cl2N3O3/c17-11-3-4-13(12(18)6-11)21-15(22)7-14(16(23)24)20-9-10-2-1-5-19-8-10/h1-6,8,14,20H,7,9H2,(H,21,22)(H,23,24)/t14-/m1/s1. The van der Waals surface area contributed by atoms with E-state index in [1.807, 2.05) is 6.07 Å². The maximum Gasteiger partial charge on any atom is 0.230 e. The van der Waals surface area contributed by atoms with Crippen molar-refractivity contribution in [1.82, 2.24) is 4.98 Å². The van der Waals surface area contributed by atoms with Crippen molar-refractivity contribution in [2.24, 2.45) is 0 Å². The van der Waals surface area contributed by atoms with Gasteiger partial charge in [-0.25, -0.2) is 0 Å². The Labute approximate surface area is 148 Å². The van der Waals surface area contributed by atoms with E-state index in [1.165, 1.54) is 11.4 Å². The summed E-state index contributed by atoms with van der Waals surface area (Å²) in [5.41, 5.74) is 1.22. The van der Waals surface area contributed by atoms with Gasteiger partial charge < -0.3 is 20.5 Å². The largest absolute Gasteiger partial charge is 0.544 e. The number of nitrogens with one attached hydrogen (secondary N) is 1. The minimum atomic E-state index is -1.31. The van der Waals surface area contributed by atoms with E-state index >= 15 is 0 Å². The number of carboxylic acid groups (broad SMARTS) is 1. The van der Waals surface area contributed by atoms with Gasteiger partial charge in [0.25, 0.3) is 0 Å². The van der Waals surface area contributed by atoms with E-state index < -0.39 is 17.9 Å². The average molecular weight is 368 g/mol. The summed E-state index contributed by atoms with van der Waals surface area (Å²) in [5.74, 6) is -1.79. The van der Waals surface area contributed by atoms with Crippen LogP contribution in [0.25, 0.3) is 0 Å². The van der Waals surface area contributed by atoms with Crippen molar-refractivity contribution < 1.29 is 20.0 Å². The van der Waals surface area contributed by atoms with E-state index in [9.17, 15) is 14.7 Å². The number of aliphatic carboxylic acids is 1. The summed E-state index contributed by atoms with van der Waals surface area (Å²) < 4.78 is 0. The van der Waals surface area contributed by atoms with Crippen LogP contribution in [0.2, 0.25) is 10.0 Å². The Morgan fingerprint density at radius 3 is 2.71 bits per heavy atom. The molecule has 2 aromatic rings. The molecule has 126 valence electrons. The molecule has 6 nitrogen and oxygen atoms in total. The van der Waals surface area contributed by atoms with E-state index in [-0.39, 0.29) is 11.4 Å². The van der Waals surface area contributed by atoms with Crippen molar-refractivity contribution in [3.63, 3.8) is 0 Å².